The van der Waals surface area contributed by atoms with E-state index in [1.165, 1.54) is 7.11 Å². The number of anilines is 1. The van der Waals surface area contributed by atoms with E-state index in [1.807, 2.05) is 30.3 Å². The van der Waals surface area contributed by atoms with Gasteiger partial charge in [0.2, 0.25) is 5.91 Å². The van der Waals surface area contributed by atoms with Crippen molar-refractivity contribution in [2.45, 2.75) is 12.8 Å². The lowest BCUT2D eigenvalue weighted by Gasteiger charge is -2.11. The number of hydrogen-bond acceptors (Lipinski definition) is 5. The van der Waals surface area contributed by atoms with Gasteiger partial charge in [-0.15, -0.1) is 0 Å². The Morgan fingerprint density at radius 2 is 1.69 bits per heavy atom. The maximum atomic E-state index is 12.0. The third-order valence-corrected chi connectivity index (χ3v) is 3.91. The van der Waals surface area contributed by atoms with Gasteiger partial charge in [0.05, 0.1) is 19.8 Å². The van der Waals surface area contributed by atoms with Gasteiger partial charge in [0, 0.05) is 25.2 Å². The summed E-state index contributed by atoms with van der Waals surface area (Å²) in [6.07, 6.45) is 1.01. The minimum atomic E-state index is -0.408. The highest BCUT2D eigenvalue weighted by atomic mass is 16.5. The van der Waals surface area contributed by atoms with Gasteiger partial charge in [0.25, 0.3) is 0 Å². The molecule has 0 fully saturated rings. The molecule has 0 radical (unpaired) electrons. The molecule has 0 aliphatic rings. The zero-order chi connectivity index (χ0) is 18.8. The average Bonchev–Trinajstić information content (AvgIpc) is 2.68. The Kier molecular flexibility index (Phi) is 7.49. The van der Waals surface area contributed by atoms with Gasteiger partial charge in [0.1, 0.15) is 5.75 Å². The molecule has 0 spiro atoms. The fourth-order valence-corrected chi connectivity index (χ4v) is 2.57. The monoisotopic (exact) mass is 356 g/mol. The van der Waals surface area contributed by atoms with Gasteiger partial charge in [-0.1, -0.05) is 30.3 Å². The number of amides is 1. The summed E-state index contributed by atoms with van der Waals surface area (Å²) in [6, 6.07) is 14.8. The Labute approximate surface area is 153 Å². The number of hydrogen-bond donors (Lipinski definition) is 2. The summed E-state index contributed by atoms with van der Waals surface area (Å²) in [4.78, 5) is 23.7. The molecule has 0 saturated heterocycles. The maximum absolute atomic E-state index is 12.0. The number of methoxy groups -OCH3 is 2. The zero-order valence-electron chi connectivity index (χ0n) is 15.1. The highest BCUT2D eigenvalue weighted by Crippen LogP contribution is 2.17. The highest BCUT2D eigenvalue weighted by molar-refractivity contribution is 5.95. The van der Waals surface area contributed by atoms with E-state index in [2.05, 4.69) is 10.6 Å². The molecule has 6 nitrogen and oxygen atoms in total. The smallest absolute Gasteiger partial charge is 0.339 e. The number of carbonyl (C=O) groups is 2. The van der Waals surface area contributed by atoms with Gasteiger partial charge >= 0.3 is 5.97 Å². The molecule has 2 N–H and O–H groups in total. The van der Waals surface area contributed by atoms with Gasteiger partial charge in [-0.3, -0.25) is 4.79 Å². The van der Waals surface area contributed by atoms with E-state index in [0.717, 1.165) is 11.3 Å². The molecule has 6 heteroatoms. The van der Waals surface area contributed by atoms with Crippen LogP contribution in [0.2, 0.25) is 0 Å². The summed E-state index contributed by atoms with van der Waals surface area (Å²) >= 11 is 0. The summed E-state index contributed by atoms with van der Waals surface area (Å²) in [5.74, 6) is 0.361. The molecule has 0 heterocycles. The van der Waals surface area contributed by atoms with E-state index in [4.69, 9.17) is 9.47 Å². The van der Waals surface area contributed by atoms with Crippen molar-refractivity contribution in [1.29, 1.82) is 0 Å². The summed E-state index contributed by atoms with van der Waals surface area (Å²) in [5, 5.41) is 6.00. The van der Waals surface area contributed by atoms with E-state index >= 15 is 0 Å². The quantitative estimate of drug-likeness (QED) is 0.676. The topological polar surface area (TPSA) is 76.7 Å². The maximum Gasteiger partial charge on any atom is 0.339 e. The van der Waals surface area contributed by atoms with Crippen LogP contribution in [0.1, 0.15) is 22.3 Å². The standard InChI is InChI=1S/C20H24N2O4/c1-25-18-10-6-3-7-15(18)11-13-22-19(23)12-14-21-17-9-5-4-8-16(17)20(24)26-2/h3-10,21H,11-14H2,1-2H3,(H,22,23). The fraction of sp³-hybridized carbons (Fsp3) is 0.300. The SMILES string of the molecule is COC(=O)c1ccccc1NCCC(=O)NCCc1ccccc1OC. The minimum Gasteiger partial charge on any atom is -0.496 e. The van der Waals surface area contributed by atoms with Gasteiger partial charge < -0.3 is 20.1 Å². The van der Waals surface area contributed by atoms with E-state index < -0.39 is 5.97 Å². The molecule has 0 bridgehead atoms. The van der Waals surface area contributed by atoms with E-state index in [-0.39, 0.29) is 5.91 Å². The van der Waals surface area contributed by atoms with Crippen LogP contribution >= 0.6 is 0 Å². The van der Waals surface area contributed by atoms with Crippen molar-refractivity contribution < 1.29 is 19.1 Å². The number of para-hydroxylation sites is 2. The Bertz CT molecular complexity index is 746. The van der Waals surface area contributed by atoms with Crippen LogP contribution in [0, 0.1) is 0 Å². The lowest BCUT2D eigenvalue weighted by molar-refractivity contribution is -0.120. The Balaban J connectivity index is 1.75. The number of nitrogens with one attached hydrogen (secondary N) is 2. The summed E-state index contributed by atoms with van der Waals surface area (Å²) in [5.41, 5.74) is 2.16. The highest BCUT2D eigenvalue weighted by Gasteiger charge is 2.11. The van der Waals surface area contributed by atoms with Crippen LogP contribution in [-0.4, -0.2) is 39.2 Å². The largest absolute Gasteiger partial charge is 0.496 e. The first-order chi connectivity index (χ1) is 12.7. The van der Waals surface area contributed by atoms with Crippen molar-refractivity contribution in [3.05, 3.63) is 59.7 Å². The van der Waals surface area contributed by atoms with Crippen LogP contribution in [0.4, 0.5) is 5.69 Å². The van der Waals surface area contributed by atoms with Crippen molar-refractivity contribution >= 4 is 17.6 Å². The molecule has 0 atom stereocenters. The second-order valence-corrected chi connectivity index (χ2v) is 5.63. The molecular weight excluding hydrogens is 332 g/mol. The molecule has 0 aromatic heterocycles. The zero-order valence-corrected chi connectivity index (χ0v) is 15.1. The number of esters is 1. The van der Waals surface area contributed by atoms with E-state index in [0.29, 0.717) is 37.2 Å². The predicted octanol–water partition coefficient (Wildman–Crippen LogP) is 2.64. The number of benzene rings is 2. The predicted molar refractivity (Wildman–Crippen MR) is 101 cm³/mol. The van der Waals surface area contributed by atoms with E-state index in [1.54, 1.807) is 25.3 Å². The van der Waals surface area contributed by atoms with Crippen LogP contribution < -0.4 is 15.4 Å². The molecular formula is C20H24N2O4. The third kappa shape index (κ3) is 5.51. The van der Waals surface area contributed by atoms with Crippen LogP contribution in [0.15, 0.2) is 48.5 Å². The summed E-state index contributed by atoms with van der Waals surface area (Å²) < 4.78 is 10.0. The molecule has 2 rings (SSSR count). The second kappa shape index (κ2) is 10.1. The Morgan fingerprint density at radius 3 is 2.46 bits per heavy atom. The average molecular weight is 356 g/mol. The van der Waals surface area contributed by atoms with Crippen molar-refractivity contribution in [2.75, 3.05) is 32.6 Å². The lowest BCUT2D eigenvalue weighted by atomic mass is 10.1. The first-order valence-corrected chi connectivity index (χ1v) is 8.45. The van der Waals surface area contributed by atoms with Gasteiger partial charge in [-0.05, 0) is 30.2 Å². The number of carbonyl (C=O) groups excluding carboxylic acids is 2. The molecule has 2 aromatic carbocycles. The molecule has 0 aliphatic carbocycles. The van der Waals surface area contributed by atoms with Crippen molar-refractivity contribution in [3.63, 3.8) is 0 Å². The normalized spacial score (nSPS) is 10.1. The van der Waals surface area contributed by atoms with Crippen LogP contribution in [0.5, 0.6) is 5.75 Å². The molecule has 138 valence electrons. The van der Waals surface area contributed by atoms with Crippen LogP contribution in [0.3, 0.4) is 0 Å². The van der Waals surface area contributed by atoms with Gasteiger partial charge in [-0.25, -0.2) is 4.79 Å². The first kappa shape index (κ1) is 19.3. The van der Waals surface area contributed by atoms with Crippen LogP contribution in [0.25, 0.3) is 0 Å². The van der Waals surface area contributed by atoms with Crippen molar-refractivity contribution in [2.24, 2.45) is 0 Å². The van der Waals surface area contributed by atoms with Crippen molar-refractivity contribution in [1.82, 2.24) is 5.32 Å². The summed E-state index contributed by atoms with van der Waals surface area (Å²) in [6.45, 7) is 0.965. The van der Waals surface area contributed by atoms with Crippen LogP contribution in [-0.2, 0) is 16.0 Å². The van der Waals surface area contributed by atoms with Crippen molar-refractivity contribution in [3.8, 4) is 5.75 Å². The molecule has 26 heavy (non-hydrogen) atoms. The molecule has 0 aliphatic heterocycles. The Morgan fingerprint density at radius 1 is 0.962 bits per heavy atom. The molecule has 0 saturated carbocycles. The minimum absolute atomic E-state index is 0.0528. The summed E-state index contributed by atoms with van der Waals surface area (Å²) in [7, 11) is 2.98. The lowest BCUT2D eigenvalue weighted by Crippen LogP contribution is -2.27. The van der Waals surface area contributed by atoms with Gasteiger partial charge in [0.15, 0.2) is 0 Å². The number of ether oxygens (including phenoxy) is 2. The number of rotatable bonds is 9. The molecule has 1 amide bonds. The molecule has 0 unspecified atom stereocenters. The van der Waals surface area contributed by atoms with Gasteiger partial charge in [-0.2, -0.15) is 0 Å². The Hall–Kier alpha value is -3.02. The fourth-order valence-electron chi connectivity index (χ4n) is 2.57. The first-order valence-electron chi connectivity index (χ1n) is 8.45. The second-order valence-electron chi connectivity index (χ2n) is 5.63. The molecule has 2 aromatic rings. The third-order valence-electron chi connectivity index (χ3n) is 3.91. The van der Waals surface area contributed by atoms with E-state index in [9.17, 15) is 9.59 Å².